The summed E-state index contributed by atoms with van der Waals surface area (Å²) in [6, 6.07) is 18.4. The molecule has 2 aromatic rings. The molecule has 4 nitrogen and oxygen atoms in total. The lowest BCUT2D eigenvalue weighted by Crippen LogP contribution is -2.34. The van der Waals surface area contributed by atoms with Gasteiger partial charge in [-0.25, -0.2) is 0 Å². The van der Waals surface area contributed by atoms with Crippen molar-refractivity contribution in [1.29, 1.82) is 0 Å². The Labute approximate surface area is 124 Å². The van der Waals surface area contributed by atoms with E-state index < -0.39 is 0 Å². The summed E-state index contributed by atoms with van der Waals surface area (Å²) in [7, 11) is 0. The molecule has 0 bridgehead atoms. The second-order valence-corrected chi connectivity index (χ2v) is 5.31. The largest absolute Gasteiger partial charge is 0.409 e. The van der Waals surface area contributed by atoms with Gasteiger partial charge in [0.2, 0.25) is 0 Å². The number of hydrogen-bond donors (Lipinski definition) is 2. The van der Waals surface area contributed by atoms with Gasteiger partial charge in [0.1, 0.15) is 5.84 Å². The van der Waals surface area contributed by atoms with Crippen molar-refractivity contribution in [3.8, 4) is 0 Å². The van der Waals surface area contributed by atoms with E-state index in [1.807, 2.05) is 30.3 Å². The molecule has 4 heteroatoms. The molecule has 3 rings (SSSR count). The van der Waals surface area contributed by atoms with Gasteiger partial charge in [-0.3, -0.25) is 0 Å². The van der Waals surface area contributed by atoms with Crippen LogP contribution >= 0.6 is 0 Å². The van der Waals surface area contributed by atoms with Gasteiger partial charge in [0, 0.05) is 18.8 Å². The second-order valence-electron chi connectivity index (χ2n) is 5.31. The Hall–Kier alpha value is -2.49. The van der Waals surface area contributed by atoms with E-state index in [2.05, 4.69) is 34.3 Å². The minimum absolute atomic E-state index is 0.109. The van der Waals surface area contributed by atoms with Crippen LogP contribution in [0.5, 0.6) is 0 Å². The van der Waals surface area contributed by atoms with Crippen LogP contribution < -0.4 is 10.6 Å². The third-order valence-corrected chi connectivity index (χ3v) is 4.06. The summed E-state index contributed by atoms with van der Waals surface area (Å²) in [5.41, 5.74) is 9.61. The Morgan fingerprint density at radius 3 is 2.62 bits per heavy atom. The standard InChI is InChI=1S/C17H19N3O/c18-17(19-21)15(13-6-2-1-3-7-13)12-20-11-10-14-8-4-5-9-16(14)20/h1-9,15,21H,10-12H2,(H2,18,19). The fourth-order valence-corrected chi connectivity index (χ4v) is 2.94. The Morgan fingerprint density at radius 2 is 1.86 bits per heavy atom. The van der Waals surface area contributed by atoms with E-state index in [9.17, 15) is 0 Å². The molecule has 1 unspecified atom stereocenters. The number of benzene rings is 2. The molecule has 0 amide bonds. The molecule has 1 heterocycles. The lowest BCUT2D eigenvalue weighted by atomic mass is 9.97. The SMILES string of the molecule is NC(=NO)C(CN1CCc2ccccc21)c1ccccc1. The molecule has 3 N–H and O–H groups in total. The number of hydrogen-bond acceptors (Lipinski definition) is 3. The van der Waals surface area contributed by atoms with Gasteiger partial charge in [0.05, 0.1) is 5.92 Å². The zero-order valence-electron chi connectivity index (χ0n) is 11.8. The molecule has 1 atom stereocenters. The van der Waals surface area contributed by atoms with Crippen molar-refractivity contribution in [2.24, 2.45) is 10.9 Å². The monoisotopic (exact) mass is 281 g/mol. The van der Waals surface area contributed by atoms with Gasteiger partial charge >= 0.3 is 0 Å². The van der Waals surface area contributed by atoms with Gasteiger partial charge in [-0.05, 0) is 23.6 Å². The van der Waals surface area contributed by atoms with Gasteiger partial charge in [-0.15, -0.1) is 0 Å². The minimum atomic E-state index is -0.109. The first kappa shape index (κ1) is 13.5. The number of nitrogens with zero attached hydrogens (tertiary/aromatic N) is 2. The van der Waals surface area contributed by atoms with Crippen LogP contribution in [-0.2, 0) is 6.42 Å². The molecule has 0 aliphatic carbocycles. The Morgan fingerprint density at radius 1 is 1.14 bits per heavy atom. The Balaban J connectivity index is 1.87. The summed E-state index contributed by atoms with van der Waals surface area (Å²) in [5, 5.41) is 12.3. The lowest BCUT2D eigenvalue weighted by Gasteiger charge is -2.25. The first-order valence-corrected chi connectivity index (χ1v) is 7.15. The summed E-state index contributed by atoms with van der Waals surface area (Å²) < 4.78 is 0. The van der Waals surface area contributed by atoms with Crippen LogP contribution in [0.1, 0.15) is 17.0 Å². The Bertz CT molecular complexity index is 639. The molecule has 0 aromatic heterocycles. The van der Waals surface area contributed by atoms with E-state index in [0.717, 1.165) is 25.1 Å². The number of para-hydroxylation sites is 1. The third-order valence-electron chi connectivity index (χ3n) is 4.06. The summed E-state index contributed by atoms with van der Waals surface area (Å²) in [6.07, 6.45) is 1.05. The van der Waals surface area contributed by atoms with Crippen LogP contribution in [0.3, 0.4) is 0 Å². The third kappa shape index (κ3) is 2.70. The van der Waals surface area contributed by atoms with E-state index in [-0.39, 0.29) is 11.8 Å². The maximum atomic E-state index is 9.08. The summed E-state index contributed by atoms with van der Waals surface area (Å²) in [4.78, 5) is 2.31. The van der Waals surface area contributed by atoms with Crippen LogP contribution in [0.2, 0.25) is 0 Å². The smallest absolute Gasteiger partial charge is 0.148 e. The van der Waals surface area contributed by atoms with E-state index >= 15 is 0 Å². The van der Waals surface area contributed by atoms with Gasteiger partial charge in [-0.2, -0.15) is 0 Å². The van der Waals surface area contributed by atoms with E-state index in [1.165, 1.54) is 11.3 Å². The average molecular weight is 281 g/mol. The molecule has 21 heavy (non-hydrogen) atoms. The molecule has 1 aliphatic rings. The highest BCUT2D eigenvalue weighted by Crippen LogP contribution is 2.30. The van der Waals surface area contributed by atoms with Crippen molar-refractivity contribution in [2.75, 3.05) is 18.0 Å². The van der Waals surface area contributed by atoms with Gasteiger partial charge < -0.3 is 15.8 Å². The maximum absolute atomic E-state index is 9.08. The first-order valence-electron chi connectivity index (χ1n) is 7.15. The van der Waals surface area contributed by atoms with E-state index in [4.69, 9.17) is 10.9 Å². The van der Waals surface area contributed by atoms with Crippen LogP contribution in [0.25, 0.3) is 0 Å². The second kappa shape index (κ2) is 5.87. The number of amidine groups is 1. The number of anilines is 1. The van der Waals surface area contributed by atoms with Crippen LogP contribution in [0.15, 0.2) is 59.8 Å². The molecule has 0 spiro atoms. The predicted octanol–water partition coefficient (Wildman–Crippen LogP) is 2.58. The predicted molar refractivity (Wildman–Crippen MR) is 85.0 cm³/mol. The fourth-order valence-electron chi connectivity index (χ4n) is 2.94. The maximum Gasteiger partial charge on any atom is 0.148 e. The van der Waals surface area contributed by atoms with E-state index in [0.29, 0.717) is 0 Å². The Kier molecular flexibility index (Phi) is 3.77. The summed E-state index contributed by atoms with van der Waals surface area (Å²) in [6.45, 7) is 1.69. The molecular weight excluding hydrogens is 262 g/mol. The molecule has 0 saturated heterocycles. The molecule has 0 radical (unpaired) electrons. The molecule has 1 aliphatic heterocycles. The topological polar surface area (TPSA) is 61.9 Å². The summed E-state index contributed by atoms with van der Waals surface area (Å²) in [5.74, 6) is 0.146. The minimum Gasteiger partial charge on any atom is -0.409 e. The lowest BCUT2D eigenvalue weighted by molar-refractivity contribution is 0.316. The van der Waals surface area contributed by atoms with Gasteiger partial charge in [-0.1, -0.05) is 53.7 Å². The van der Waals surface area contributed by atoms with Crippen molar-refractivity contribution in [3.63, 3.8) is 0 Å². The van der Waals surface area contributed by atoms with Crippen molar-refractivity contribution >= 4 is 11.5 Å². The quantitative estimate of drug-likeness (QED) is 0.392. The highest BCUT2D eigenvalue weighted by Gasteiger charge is 2.25. The van der Waals surface area contributed by atoms with E-state index in [1.54, 1.807) is 0 Å². The average Bonchev–Trinajstić information content (AvgIpc) is 2.96. The molecule has 0 fully saturated rings. The molecular formula is C17H19N3O. The fraction of sp³-hybridized carbons (Fsp3) is 0.235. The number of oxime groups is 1. The van der Waals surface area contributed by atoms with Crippen LogP contribution in [0, 0.1) is 0 Å². The van der Waals surface area contributed by atoms with Crippen molar-refractivity contribution in [2.45, 2.75) is 12.3 Å². The van der Waals surface area contributed by atoms with Gasteiger partial charge in [0.15, 0.2) is 0 Å². The number of nitrogens with two attached hydrogens (primary N) is 1. The highest BCUT2D eigenvalue weighted by molar-refractivity contribution is 5.87. The van der Waals surface area contributed by atoms with Crippen molar-refractivity contribution < 1.29 is 5.21 Å². The number of fused-ring (bicyclic) bond motifs is 1. The number of rotatable bonds is 4. The zero-order chi connectivity index (χ0) is 14.7. The summed E-state index contributed by atoms with van der Waals surface area (Å²) >= 11 is 0. The van der Waals surface area contributed by atoms with Crippen molar-refractivity contribution in [1.82, 2.24) is 0 Å². The van der Waals surface area contributed by atoms with Crippen LogP contribution in [-0.4, -0.2) is 24.1 Å². The molecule has 0 saturated carbocycles. The van der Waals surface area contributed by atoms with Crippen LogP contribution in [0.4, 0.5) is 5.69 Å². The first-order chi connectivity index (χ1) is 10.3. The molecule has 2 aromatic carbocycles. The normalized spacial score (nSPS) is 15.8. The highest BCUT2D eigenvalue weighted by atomic mass is 16.4. The molecule has 108 valence electrons. The van der Waals surface area contributed by atoms with Gasteiger partial charge in [0.25, 0.3) is 0 Å². The van der Waals surface area contributed by atoms with Crippen molar-refractivity contribution in [3.05, 3.63) is 65.7 Å². The zero-order valence-corrected chi connectivity index (χ0v) is 11.8.